The molecule has 3 rings (SSSR count). The summed E-state index contributed by atoms with van der Waals surface area (Å²) in [6.45, 7) is 0.395. The summed E-state index contributed by atoms with van der Waals surface area (Å²) in [5.74, 6) is -0.806. The monoisotopic (exact) mass is 412 g/mol. The fourth-order valence-corrected chi connectivity index (χ4v) is 7.13. The summed E-state index contributed by atoms with van der Waals surface area (Å²) < 4.78 is 29.3. The standard InChI is InChI=1S/C17H20N2O6S2/c1-25-12-4-2-3-11(7-12)8-19-13-9-27(23,24)10-14(13)26-17(19)18-15(20)5-6-16(21)22/h2-4,7,13-14H,5-6,8-10H2,1H3,(H,21,22)/t13-,14-/m1/s1. The third-order valence-electron chi connectivity index (χ3n) is 4.44. The molecule has 2 aliphatic heterocycles. The number of amides is 1. The van der Waals surface area contributed by atoms with Gasteiger partial charge < -0.3 is 14.7 Å². The van der Waals surface area contributed by atoms with E-state index >= 15 is 0 Å². The van der Waals surface area contributed by atoms with Gasteiger partial charge in [0.1, 0.15) is 5.75 Å². The number of carbonyl (C=O) groups is 2. The number of thioether (sulfide) groups is 1. The van der Waals surface area contributed by atoms with Crippen LogP contribution in [0.1, 0.15) is 18.4 Å². The van der Waals surface area contributed by atoms with Crippen molar-refractivity contribution in [1.29, 1.82) is 0 Å². The first-order valence-electron chi connectivity index (χ1n) is 8.37. The molecule has 2 atom stereocenters. The third-order valence-corrected chi connectivity index (χ3v) is 7.68. The summed E-state index contributed by atoms with van der Waals surface area (Å²) in [4.78, 5) is 28.6. The van der Waals surface area contributed by atoms with Crippen LogP contribution in [0.25, 0.3) is 0 Å². The number of benzene rings is 1. The van der Waals surface area contributed by atoms with Gasteiger partial charge >= 0.3 is 5.97 Å². The molecular weight excluding hydrogens is 392 g/mol. The molecule has 2 aliphatic rings. The molecular formula is C17H20N2O6S2. The number of amidine groups is 1. The molecule has 0 aromatic heterocycles. The number of aliphatic imine (C=N–C) groups is 1. The zero-order valence-corrected chi connectivity index (χ0v) is 16.3. The van der Waals surface area contributed by atoms with Crippen LogP contribution in [0.4, 0.5) is 0 Å². The van der Waals surface area contributed by atoms with Crippen LogP contribution in [0.3, 0.4) is 0 Å². The Morgan fingerprint density at radius 3 is 2.81 bits per heavy atom. The van der Waals surface area contributed by atoms with Crippen LogP contribution in [-0.4, -0.2) is 65.4 Å². The van der Waals surface area contributed by atoms with Gasteiger partial charge in [-0.2, -0.15) is 4.99 Å². The second-order valence-corrected chi connectivity index (χ2v) is 9.82. The number of aliphatic carboxylic acids is 1. The Bertz CT molecular complexity index is 883. The fourth-order valence-electron chi connectivity index (χ4n) is 3.16. The molecule has 0 aliphatic carbocycles. The molecule has 2 saturated heterocycles. The second kappa shape index (κ2) is 7.89. The van der Waals surface area contributed by atoms with E-state index in [4.69, 9.17) is 9.84 Å². The molecule has 0 spiro atoms. The maximum absolute atomic E-state index is 12.0. The Kier molecular flexibility index (Phi) is 5.75. The van der Waals surface area contributed by atoms with Crippen molar-refractivity contribution >= 4 is 38.6 Å². The van der Waals surface area contributed by atoms with E-state index in [1.54, 1.807) is 7.11 Å². The summed E-state index contributed by atoms with van der Waals surface area (Å²) in [5, 5.41) is 9.00. The molecule has 1 aromatic carbocycles. The van der Waals surface area contributed by atoms with Gasteiger partial charge in [-0.3, -0.25) is 9.59 Å². The lowest BCUT2D eigenvalue weighted by atomic mass is 10.1. The lowest BCUT2D eigenvalue weighted by Gasteiger charge is -2.24. The topological polar surface area (TPSA) is 113 Å². The van der Waals surface area contributed by atoms with Gasteiger partial charge in [-0.15, -0.1) is 0 Å². The predicted molar refractivity (Wildman–Crippen MR) is 102 cm³/mol. The summed E-state index contributed by atoms with van der Waals surface area (Å²) in [6.07, 6.45) is -0.461. The average Bonchev–Trinajstić information content (AvgIpc) is 3.06. The molecule has 0 radical (unpaired) electrons. The minimum absolute atomic E-state index is 0.0248. The number of sulfone groups is 1. The zero-order valence-electron chi connectivity index (χ0n) is 14.7. The van der Waals surface area contributed by atoms with Gasteiger partial charge in [0, 0.05) is 18.2 Å². The van der Waals surface area contributed by atoms with E-state index in [9.17, 15) is 18.0 Å². The quantitative estimate of drug-likeness (QED) is 0.740. The maximum Gasteiger partial charge on any atom is 0.303 e. The zero-order chi connectivity index (χ0) is 19.6. The van der Waals surface area contributed by atoms with Gasteiger partial charge in [-0.1, -0.05) is 23.9 Å². The van der Waals surface area contributed by atoms with E-state index in [0.29, 0.717) is 17.5 Å². The van der Waals surface area contributed by atoms with Crippen molar-refractivity contribution in [3.05, 3.63) is 29.8 Å². The van der Waals surface area contributed by atoms with E-state index in [1.165, 1.54) is 11.8 Å². The predicted octanol–water partition coefficient (Wildman–Crippen LogP) is 1.16. The van der Waals surface area contributed by atoms with E-state index in [2.05, 4.69) is 4.99 Å². The lowest BCUT2D eigenvalue weighted by molar-refractivity contribution is -0.138. The Morgan fingerprint density at radius 2 is 2.11 bits per heavy atom. The van der Waals surface area contributed by atoms with Gasteiger partial charge in [0.15, 0.2) is 15.0 Å². The molecule has 0 unspecified atom stereocenters. The van der Waals surface area contributed by atoms with Crippen LogP contribution >= 0.6 is 11.8 Å². The Hall–Kier alpha value is -2.07. The van der Waals surface area contributed by atoms with Gasteiger partial charge in [-0.05, 0) is 17.7 Å². The molecule has 8 nitrogen and oxygen atoms in total. The summed E-state index contributed by atoms with van der Waals surface area (Å²) in [7, 11) is -1.55. The first-order valence-corrected chi connectivity index (χ1v) is 11.1. The van der Waals surface area contributed by atoms with Crippen molar-refractivity contribution in [3.8, 4) is 5.75 Å². The molecule has 2 heterocycles. The number of fused-ring (bicyclic) bond motifs is 1. The number of hydrogen-bond acceptors (Lipinski definition) is 6. The van der Waals surface area contributed by atoms with Crippen molar-refractivity contribution in [3.63, 3.8) is 0 Å². The van der Waals surface area contributed by atoms with Crippen molar-refractivity contribution in [2.24, 2.45) is 4.99 Å². The summed E-state index contributed by atoms with van der Waals surface area (Å²) >= 11 is 1.28. The Balaban J connectivity index is 1.83. The molecule has 2 fully saturated rings. The normalized spacial score (nSPS) is 24.8. The number of nitrogens with zero attached hydrogens (tertiary/aromatic N) is 2. The molecule has 0 saturated carbocycles. The van der Waals surface area contributed by atoms with Crippen molar-refractivity contribution in [1.82, 2.24) is 4.90 Å². The first-order chi connectivity index (χ1) is 12.8. The van der Waals surface area contributed by atoms with Crippen molar-refractivity contribution in [2.75, 3.05) is 18.6 Å². The SMILES string of the molecule is COc1cccc(CN2C(=NC(=O)CCC(=O)O)S[C@@H]3CS(=O)(=O)C[C@H]32)c1. The van der Waals surface area contributed by atoms with Crippen molar-refractivity contribution < 1.29 is 27.9 Å². The number of methoxy groups -OCH3 is 1. The molecule has 1 aromatic rings. The highest BCUT2D eigenvalue weighted by Gasteiger charge is 2.48. The number of carboxylic acid groups (broad SMARTS) is 1. The van der Waals surface area contributed by atoms with Crippen LogP contribution in [0.15, 0.2) is 29.3 Å². The summed E-state index contributed by atoms with van der Waals surface area (Å²) in [6, 6.07) is 7.15. The highest BCUT2D eigenvalue weighted by molar-refractivity contribution is 8.15. The second-order valence-electron chi connectivity index (χ2n) is 6.46. The van der Waals surface area contributed by atoms with Gasteiger partial charge in [0.05, 0.1) is 31.1 Å². The highest BCUT2D eigenvalue weighted by Crippen LogP contribution is 2.39. The lowest BCUT2D eigenvalue weighted by Crippen LogP contribution is -2.37. The number of hydrogen-bond donors (Lipinski definition) is 1. The van der Waals surface area contributed by atoms with E-state index in [1.807, 2.05) is 29.2 Å². The molecule has 27 heavy (non-hydrogen) atoms. The van der Waals surface area contributed by atoms with Crippen molar-refractivity contribution in [2.45, 2.75) is 30.7 Å². The van der Waals surface area contributed by atoms with Crippen LogP contribution in [0.2, 0.25) is 0 Å². The molecule has 146 valence electrons. The summed E-state index contributed by atoms with van der Waals surface area (Å²) in [5.41, 5.74) is 0.908. The van der Waals surface area contributed by atoms with Gasteiger partial charge in [0.2, 0.25) is 5.91 Å². The number of ether oxygens (including phenoxy) is 1. The third kappa shape index (κ3) is 4.81. The maximum atomic E-state index is 12.0. The Morgan fingerprint density at radius 1 is 1.33 bits per heavy atom. The smallest absolute Gasteiger partial charge is 0.303 e. The van der Waals surface area contributed by atoms with Crippen LogP contribution < -0.4 is 4.74 Å². The average molecular weight is 412 g/mol. The van der Waals surface area contributed by atoms with E-state index < -0.39 is 21.7 Å². The fraction of sp³-hybridized carbons (Fsp3) is 0.471. The number of rotatable bonds is 6. The Labute approximate surface area is 161 Å². The van der Waals surface area contributed by atoms with Gasteiger partial charge in [0.25, 0.3) is 0 Å². The first kappa shape index (κ1) is 19.7. The molecule has 1 amide bonds. The van der Waals surface area contributed by atoms with Crippen LogP contribution in [-0.2, 0) is 26.0 Å². The minimum Gasteiger partial charge on any atom is -0.497 e. The number of carboxylic acids is 1. The van der Waals surface area contributed by atoms with E-state index in [-0.39, 0.29) is 35.6 Å². The molecule has 10 heteroatoms. The molecule has 0 bridgehead atoms. The van der Waals surface area contributed by atoms with Crippen LogP contribution in [0.5, 0.6) is 5.75 Å². The molecule has 1 N–H and O–H groups in total. The minimum atomic E-state index is -3.12. The largest absolute Gasteiger partial charge is 0.497 e. The van der Waals surface area contributed by atoms with Crippen LogP contribution in [0, 0.1) is 0 Å². The highest BCUT2D eigenvalue weighted by atomic mass is 32.2. The van der Waals surface area contributed by atoms with E-state index in [0.717, 1.165) is 5.56 Å². The number of carbonyl (C=O) groups excluding carboxylic acids is 1. The van der Waals surface area contributed by atoms with Gasteiger partial charge in [-0.25, -0.2) is 8.42 Å².